The molecule has 0 unspecified atom stereocenters. The van der Waals surface area contributed by atoms with Gasteiger partial charge in [-0.25, -0.2) is 4.79 Å². The molecule has 0 aliphatic carbocycles. The molecule has 122 valence electrons. The summed E-state index contributed by atoms with van der Waals surface area (Å²) in [5, 5.41) is 9.68. The zero-order valence-corrected chi connectivity index (χ0v) is 11.1. The van der Waals surface area contributed by atoms with E-state index in [1.165, 1.54) is 7.05 Å². The molecule has 4 nitrogen and oxygen atoms in total. The fourth-order valence-corrected chi connectivity index (χ4v) is 2.08. The third-order valence-corrected chi connectivity index (χ3v) is 3.23. The van der Waals surface area contributed by atoms with E-state index in [-0.39, 0.29) is 19.2 Å². The van der Waals surface area contributed by atoms with Gasteiger partial charge < -0.3 is 10.0 Å². The molecule has 1 aliphatic heterocycles. The number of hydrogen-bond donors (Lipinski definition) is 1. The monoisotopic (exact) mass is 328 g/mol. The molecule has 1 aliphatic rings. The van der Waals surface area contributed by atoms with E-state index in [4.69, 9.17) is 0 Å². The number of alkyl halides is 6. The lowest BCUT2D eigenvalue weighted by molar-refractivity contribution is -0.143. The summed E-state index contributed by atoms with van der Waals surface area (Å²) in [7, 11) is 1.34. The summed E-state index contributed by atoms with van der Waals surface area (Å²) in [6.07, 6.45) is -10.2. The van der Waals surface area contributed by atoms with Crippen molar-refractivity contribution in [2.45, 2.75) is 12.4 Å². The van der Waals surface area contributed by atoms with Gasteiger partial charge in [0.25, 0.3) is 0 Å². The lowest BCUT2D eigenvalue weighted by Gasteiger charge is -2.22. The molecule has 1 fully saturated rings. The molecular formula is C12H10F6N2O2. The Kier molecular flexibility index (Phi) is 3.66. The number of amides is 2. The molecule has 1 aromatic rings. The van der Waals surface area contributed by atoms with Crippen LogP contribution in [0.5, 0.6) is 5.75 Å². The molecular weight excluding hydrogens is 318 g/mol. The van der Waals surface area contributed by atoms with Crippen LogP contribution in [0.2, 0.25) is 0 Å². The van der Waals surface area contributed by atoms with Crippen molar-refractivity contribution in [3.05, 3.63) is 23.3 Å². The molecule has 0 bridgehead atoms. The zero-order chi connectivity index (χ0) is 16.9. The van der Waals surface area contributed by atoms with Crippen LogP contribution in [-0.2, 0) is 12.4 Å². The summed E-state index contributed by atoms with van der Waals surface area (Å²) in [4.78, 5) is 13.6. The maximum atomic E-state index is 12.8. The van der Waals surface area contributed by atoms with E-state index >= 15 is 0 Å². The summed E-state index contributed by atoms with van der Waals surface area (Å²) < 4.78 is 76.7. The average molecular weight is 328 g/mol. The Morgan fingerprint density at radius 3 is 2.05 bits per heavy atom. The number of urea groups is 1. The predicted octanol–water partition coefficient (Wildman–Crippen LogP) is 3.30. The fraction of sp³-hybridized carbons (Fsp3) is 0.417. The fourth-order valence-electron chi connectivity index (χ4n) is 2.08. The Morgan fingerprint density at radius 2 is 1.64 bits per heavy atom. The van der Waals surface area contributed by atoms with Gasteiger partial charge in [0.15, 0.2) is 5.75 Å². The maximum Gasteiger partial charge on any atom is 0.420 e. The van der Waals surface area contributed by atoms with E-state index in [2.05, 4.69) is 0 Å². The minimum Gasteiger partial charge on any atom is -0.505 e. The standard InChI is InChI=1S/C12H10F6N2O2/c1-19-2-3-20(10(19)22)8-5-6(11(13,14)15)4-7(9(8)21)12(16,17)18/h4-5,21H,2-3H2,1H3. The van der Waals surface area contributed by atoms with Gasteiger partial charge in [-0.1, -0.05) is 0 Å². The zero-order valence-electron chi connectivity index (χ0n) is 11.1. The van der Waals surface area contributed by atoms with Crippen LogP contribution in [0.3, 0.4) is 0 Å². The van der Waals surface area contributed by atoms with Gasteiger partial charge in [-0.05, 0) is 12.1 Å². The van der Waals surface area contributed by atoms with Gasteiger partial charge in [-0.3, -0.25) is 4.90 Å². The van der Waals surface area contributed by atoms with Crippen molar-refractivity contribution in [2.75, 3.05) is 25.0 Å². The van der Waals surface area contributed by atoms with Crippen LogP contribution < -0.4 is 4.90 Å². The molecule has 0 radical (unpaired) electrons. The van der Waals surface area contributed by atoms with E-state index in [0.717, 1.165) is 4.90 Å². The van der Waals surface area contributed by atoms with E-state index in [9.17, 15) is 36.2 Å². The Morgan fingerprint density at radius 1 is 1.05 bits per heavy atom. The van der Waals surface area contributed by atoms with E-state index in [1.807, 2.05) is 0 Å². The molecule has 0 atom stereocenters. The van der Waals surface area contributed by atoms with E-state index in [0.29, 0.717) is 11.0 Å². The van der Waals surface area contributed by atoms with E-state index in [1.54, 1.807) is 0 Å². The number of halogens is 6. The predicted molar refractivity (Wildman–Crippen MR) is 63.5 cm³/mol. The van der Waals surface area contributed by atoms with Crippen molar-refractivity contribution in [1.82, 2.24) is 4.90 Å². The van der Waals surface area contributed by atoms with E-state index < -0.39 is 40.9 Å². The Hall–Kier alpha value is -2.13. The largest absolute Gasteiger partial charge is 0.505 e. The quantitative estimate of drug-likeness (QED) is 0.804. The molecule has 1 N–H and O–H groups in total. The van der Waals surface area contributed by atoms with Crippen molar-refractivity contribution in [3.8, 4) is 5.75 Å². The van der Waals surface area contributed by atoms with Gasteiger partial charge in [0.2, 0.25) is 0 Å². The SMILES string of the molecule is CN1CCN(c2cc(C(F)(F)F)cc(C(F)(F)F)c2O)C1=O. The lowest BCUT2D eigenvalue weighted by atomic mass is 10.1. The minimum absolute atomic E-state index is 0.121. The van der Waals surface area contributed by atoms with Crippen LogP contribution in [0.25, 0.3) is 0 Å². The number of carbonyl (C=O) groups is 1. The first kappa shape index (κ1) is 16.2. The van der Waals surface area contributed by atoms with Gasteiger partial charge >= 0.3 is 18.4 Å². The second-order valence-corrected chi connectivity index (χ2v) is 4.74. The molecule has 1 aromatic carbocycles. The van der Waals surface area contributed by atoms with Crippen LogP contribution in [0.4, 0.5) is 36.8 Å². The van der Waals surface area contributed by atoms with Gasteiger partial charge in [0.05, 0.1) is 16.8 Å². The third-order valence-electron chi connectivity index (χ3n) is 3.23. The van der Waals surface area contributed by atoms with Gasteiger partial charge in [0.1, 0.15) is 0 Å². The number of aromatic hydroxyl groups is 1. The topological polar surface area (TPSA) is 43.8 Å². The van der Waals surface area contributed by atoms with Gasteiger partial charge in [-0.2, -0.15) is 26.3 Å². The highest BCUT2D eigenvalue weighted by Crippen LogP contribution is 2.45. The highest BCUT2D eigenvalue weighted by atomic mass is 19.4. The average Bonchev–Trinajstić information content (AvgIpc) is 2.67. The molecule has 22 heavy (non-hydrogen) atoms. The van der Waals surface area contributed by atoms with Crippen LogP contribution in [0.1, 0.15) is 11.1 Å². The molecule has 0 aromatic heterocycles. The molecule has 1 heterocycles. The molecule has 2 amide bonds. The van der Waals surface area contributed by atoms with Crippen LogP contribution in [0.15, 0.2) is 12.1 Å². The van der Waals surface area contributed by atoms with Gasteiger partial charge in [0, 0.05) is 20.1 Å². The van der Waals surface area contributed by atoms with Crippen LogP contribution in [-0.4, -0.2) is 36.2 Å². The first-order valence-corrected chi connectivity index (χ1v) is 5.97. The number of nitrogens with zero attached hydrogens (tertiary/aromatic N) is 2. The second-order valence-electron chi connectivity index (χ2n) is 4.74. The van der Waals surface area contributed by atoms with Crippen LogP contribution >= 0.6 is 0 Å². The number of anilines is 1. The van der Waals surface area contributed by atoms with Crippen molar-refractivity contribution in [3.63, 3.8) is 0 Å². The normalized spacial score (nSPS) is 16.6. The lowest BCUT2D eigenvalue weighted by Crippen LogP contribution is -2.30. The highest BCUT2D eigenvalue weighted by Gasteiger charge is 2.42. The summed E-state index contributed by atoms with van der Waals surface area (Å²) in [6.45, 7) is -0.00261. The van der Waals surface area contributed by atoms with Gasteiger partial charge in [-0.15, -0.1) is 0 Å². The Labute approximate surface area is 120 Å². The van der Waals surface area contributed by atoms with Crippen molar-refractivity contribution >= 4 is 11.7 Å². The third kappa shape index (κ3) is 2.77. The van der Waals surface area contributed by atoms with Crippen molar-refractivity contribution in [1.29, 1.82) is 0 Å². The molecule has 1 saturated heterocycles. The number of phenolic OH excluding ortho intramolecular Hbond substituents is 1. The smallest absolute Gasteiger partial charge is 0.420 e. The summed E-state index contributed by atoms with van der Waals surface area (Å²) >= 11 is 0. The molecule has 0 spiro atoms. The molecule has 10 heteroatoms. The summed E-state index contributed by atoms with van der Waals surface area (Å²) in [5.74, 6) is -1.40. The number of rotatable bonds is 1. The minimum atomic E-state index is -5.19. The summed E-state index contributed by atoms with van der Waals surface area (Å²) in [5.41, 5.74) is -4.23. The number of phenols is 1. The van der Waals surface area contributed by atoms with Crippen molar-refractivity contribution in [2.24, 2.45) is 0 Å². The molecule has 0 saturated carbocycles. The Bertz CT molecular complexity index is 611. The number of benzene rings is 1. The highest BCUT2D eigenvalue weighted by molar-refractivity contribution is 5.95. The Balaban J connectivity index is 2.65. The second kappa shape index (κ2) is 4.96. The first-order chi connectivity index (χ1) is 9.93. The van der Waals surface area contributed by atoms with Crippen LogP contribution in [0, 0.1) is 0 Å². The first-order valence-electron chi connectivity index (χ1n) is 5.97. The summed E-state index contributed by atoms with van der Waals surface area (Å²) in [6, 6.07) is -0.632. The maximum absolute atomic E-state index is 12.8. The van der Waals surface area contributed by atoms with Crippen molar-refractivity contribution < 1.29 is 36.2 Å². The number of likely N-dealkylation sites (N-methyl/N-ethyl adjacent to an activating group) is 1. The number of hydrogen-bond acceptors (Lipinski definition) is 2. The number of carbonyl (C=O) groups excluding carboxylic acids is 1. The molecule has 2 rings (SSSR count).